The third-order valence-corrected chi connectivity index (χ3v) is 8.78. The van der Waals surface area contributed by atoms with E-state index in [-0.39, 0.29) is 5.75 Å². The molecule has 0 saturated heterocycles. The number of hydrogen-bond donors (Lipinski definition) is 1. The Morgan fingerprint density at radius 3 is 2.76 bits per heavy atom. The lowest BCUT2D eigenvalue weighted by Gasteiger charge is -2.20. The summed E-state index contributed by atoms with van der Waals surface area (Å²) >= 11 is 3.38. The molecule has 6 nitrogen and oxygen atoms in total. The SMILES string of the molecule is COc1ccc2c(c1)N(CCCS(=O)(=O)O)C(=Cc1sc3ccc4ccccc4c3[n+]1C)S2. The Morgan fingerprint density at radius 2 is 1.97 bits per heavy atom. The molecular formula is C24H23N2O4S3+. The summed E-state index contributed by atoms with van der Waals surface area (Å²) < 4.78 is 40.6. The highest BCUT2D eigenvalue weighted by atomic mass is 32.2. The van der Waals surface area contributed by atoms with Gasteiger partial charge in [0.1, 0.15) is 17.5 Å². The normalized spacial score (nSPS) is 15.0. The first-order valence-electron chi connectivity index (χ1n) is 10.4. The number of methoxy groups -OCH3 is 1. The Morgan fingerprint density at radius 1 is 1.15 bits per heavy atom. The fraction of sp³-hybridized carbons (Fsp3) is 0.208. The maximum atomic E-state index is 11.3. The van der Waals surface area contributed by atoms with E-state index in [1.54, 1.807) is 30.2 Å². The van der Waals surface area contributed by atoms with Crippen LogP contribution in [0.4, 0.5) is 5.69 Å². The van der Waals surface area contributed by atoms with Gasteiger partial charge in [-0.2, -0.15) is 13.0 Å². The smallest absolute Gasteiger partial charge is 0.265 e. The summed E-state index contributed by atoms with van der Waals surface area (Å²) in [6.45, 7) is 0.469. The fourth-order valence-corrected chi connectivity index (χ4v) is 6.92. The van der Waals surface area contributed by atoms with Gasteiger partial charge < -0.3 is 9.64 Å². The average Bonchev–Trinajstić information content (AvgIpc) is 3.30. The number of ether oxygens (including phenoxy) is 1. The van der Waals surface area contributed by atoms with Crippen LogP contribution in [-0.2, 0) is 17.2 Å². The summed E-state index contributed by atoms with van der Waals surface area (Å²) in [4.78, 5) is 3.19. The van der Waals surface area contributed by atoms with Crippen LogP contribution in [-0.4, -0.2) is 32.4 Å². The predicted molar refractivity (Wildman–Crippen MR) is 136 cm³/mol. The number of aryl methyl sites for hydroxylation is 1. The molecule has 170 valence electrons. The van der Waals surface area contributed by atoms with Crippen molar-refractivity contribution in [1.29, 1.82) is 0 Å². The van der Waals surface area contributed by atoms with Gasteiger partial charge >= 0.3 is 0 Å². The van der Waals surface area contributed by atoms with E-state index in [9.17, 15) is 13.0 Å². The van der Waals surface area contributed by atoms with Crippen molar-refractivity contribution >= 4 is 66.0 Å². The molecule has 1 N–H and O–H groups in total. The van der Waals surface area contributed by atoms with Crippen molar-refractivity contribution in [3.63, 3.8) is 0 Å². The maximum absolute atomic E-state index is 11.3. The van der Waals surface area contributed by atoms with Crippen LogP contribution in [0.1, 0.15) is 11.4 Å². The lowest BCUT2D eigenvalue weighted by Crippen LogP contribution is -2.30. The van der Waals surface area contributed by atoms with Crippen LogP contribution in [0.3, 0.4) is 0 Å². The average molecular weight is 500 g/mol. The summed E-state index contributed by atoms with van der Waals surface area (Å²) in [5.74, 6) is 0.470. The van der Waals surface area contributed by atoms with Gasteiger partial charge in [-0.25, -0.2) is 0 Å². The Hall–Kier alpha value is -2.59. The number of rotatable bonds is 6. The van der Waals surface area contributed by atoms with E-state index in [0.717, 1.165) is 26.4 Å². The summed E-state index contributed by atoms with van der Waals surface area (Å²) in [6, 6.07) is 18.6. The van der Waals surface area contributed by atoms with Crippen molar-refractivity contribution < 1.29 is 22.3 Å². The molecule has 9 heteroatoms. The minimum Gasteiger partial charge on any atom is -0.497 e. The molecule has 1 aliphatic rings. The predicted octanol–water partition coefficient (Wildman–Crippen LogP) is 5.08. The molecule has 33 heavy (non-hydrogen) atoms. The molecule has 5 rings (SSSR count). The molecular weight excluding hydrogens is 476 g/mol. The van der Waals surface area contributed by atoms with Crippen molar-refractivity contribution in [2.24, 2.45) is 7.05 Å². The van der Waals surface area contributed by atoms with Crippen molar-refractivity contribution in [2.45, 2.75) is 11.3 Å². The van der Waals surface area contributed by atoms with E-state index in [1.807, 2.05) is 18.2 Å². The summed E-state index contributed by atoms with van der Waals surface area (Å²) in [5, 5.41) is 4.54. The molecule has 0 spiro atoms. The third-order valence-electron chi connectivity index (χ3n) is 5.71. The number of anilines is 1. The van der Waals surface area contributed by atoms with Crippen LogP contribution >= 0.6 is 23.1 Å². The van der Waals surface area contributed by atoms with Crippen LogP contribution in [0.15, 0.2) is 64.5 Å². The number of fused-ring (bicyclic) bond motifs is 4. The first-order valence-corrected chi connectivity index (χ1v) is 13.7. The largest absolute Gasteiger partial charge is 0.497 e. The van der Waals surface area contributed by atoms with Crippen molar-refractivity contribution in [3.8, 4) is 5.75 Å². The summed E-state index contributed by atoms with van der Waals surface area (Å²) in [5.41, 5.74) is 2.18. The van der Waals surface area contributed by atoms with Gasteiger partial charge in [0.15, 0.2) is 0 Å². The van der Waals surface area contributed by atoms with Gasteiger partial charge in [-0.15, -0.1) is 0 Å². The highest BCUT2D eigenvalue weighted by Crippen LogP contribution is 2.48. The highest BCUT2D eigenvalue weighted by Gasteiger charge is 2.28. The van der Waals surface area contributed by atoms with Gasteiger partial charge in [-0.1, -0.05) is 47.4 Å². The van der Waals surface area contributed by atoms with Gasteiger partial charge in [0.25, 0.3) is 15.1 Å². The van der Waals surface area contributed by atoms with Crippen LogP contribution in [0.25, 0.3) is 27.1 Å². The number of thiazole rings is 1. The quantitative estimate of drug-likeness (QED) is 0.295. The number of thioether (sulfide) groups is 1. The molecule has 2 heterocycles. The Balaban J connectivity index is 1.57. The molecule has 0 aliphatic carbocycles. The van der Waals surface area contributed by atoms with Gasteiger partial charge in [-0.05, 0) is 36.1 Å². The first-order chi connectivity index (χ1) is 15.8. The number of aromatic nitrogens is 1. The molecule has 1 aromatic heterocycles. The second kappa shape index (κ2) is 8.64. The molecule has 1 aliphatic heterocycles. The summed E-state index contributed by atoms with van der Waals surface area (Å²) in [7, 11) is -0.298. The lowest BCUT2D eigenvalue weighted by atomic mass is 10.1. The Bertz CT molecular complexity index is 1510. The molecule has 0 atom stereocenters. The zero-order valence-corrected chi connectivity index (χ0v) is 20.6. The standard InChI is InChI=1S/C24H22N2O4S3/c1-25-22(32-21-10-8-16-6-3-4-7-18(16)24(21)25)15-23-26(12-5-13-33(27,28)29)19-14-17(30-2)9-11-20(19)31-23/h3-4,6-11,14-15H,5,12-13H2,1-2H3/p+1. The lowest BCUT2D eigenvalue weighted by molar-refractivity contribution is -0.641. The van der Waals surface area contributed by atoms with Gasteiger partial charge in [-0.3, -0.25) is 4.55 Å². The number of hydrogen-bond acceptors (Lipinski definition) is 6. The van der Waals surface area contributed by atoms with Crippen molar-refractivity contribution in [2.75, 3.05) is 24.3 Å². The zero-order valence-electron chi connectivity index (χ0n) is 18.2. The van der Waals surface area contributed by atoms with Gasteiger partial charge in [0.2, 0.25) is 5.52 Å². The monoisotopic (exact) mass is 499 g/mol. The van der Waals surface area contributed by atoms with E-state index in [4.69, 9.17) is 4.74 Å². The molecule has 0 amide bonds. The third kappa shape index (κ3) is 4.33. The van der Waals surface area contributed by atoms with E-state index in [0.29, 0.717) is 13.0 Å². The molecule has 4 aromatic rings. The molecule has 0 radical (unpaired) electrons. The Kier molecular flexibility index (Phi) is 5.82. The minimum atomic E-state index is -4.01. The molecule has 0 saturated carbocycles. The topological polar surface area (TPSA) is 70.7 Å². The van der Waals surface area contributed by atoms with Crippen LogP contribution in [0.5, 0.6) is 5.75 Å². The first kappa shape index (κ1) is 22.2. The summed E-state index contributed by atoms with van der Waals surface area (Å²) in [6.07, 6.45) is 2.47. The van der Waals surface area contributed by atoms with Crippen LogP contribution < -0.4 is 14.2 Å². The second-order valence-corrected chi connectivity index (χ2v) is 11.5. The van der Waals surface area contributed by atoms with Gasteiger partial charge in [0, 0.05) is 17.5 Å². The van der Waals surface area contributed by atoms with Crippen LogP contribution in [0.2, 0.25) is 0 Å². The second-order valence-electron chi connectivity index (χ2n) is 7.84. The maximum Gasteiger partial charge on any atom is 0.265 e. The number of nitrogens with zero attached hydrogens (tertiary/aromatic N) is 2. The van der Waals surface area contributed by atoms with Crippen molar-refractivity contribution in [1.82, 2.24) is 0 Å². The van der Waals surface area contributed by atoms with Gasteiger partial charge in [0.05, 0.1) is 35.0 Å². The number of benzene rings is 3. The fourth-order valence-electron chi connectivity index (χ4n) is 4.14. The van der Waals surface area contributed by atoms with E-state index in [2.05, 4.69) is 59.0 Å². The minimum absolute atomic E-state index is 0.274. The van der Waals surface area contributed by atoms with E-state index < -0.39 is 10.1 Å². The molecule has 0 unspecified atom stereocenters. The zero-order chi connectivity index (χ0) is 23.2. The van der Waals surface area contributed by atoms with E-state index in [1.165, 1.54) is 21.0 Å². The highest BCUT2D eigenvalue weighted by molar-refractivity contribution is 8.03. The molecule has 0 bridgehead atoms. The molecule has 0 fully saturated rings. The van der Waals surface area contributed by atoms with Crippen LogP contribution in [0, 0.1) is 0 Å². The van der Waals surface area contributed by atoms with E-state index >= 15 is 0 Å². The molecule has 3 aromatic carbocycles. The van der Waals surface area contributed by atoms with Crippen molar-refractivity contribution in [3.05, 3.63) is 64.6 Å². The Labute approximate surface area is 200 Å².